The highest BCUT2D eigenvalue weighted by molar-refractivity contribution is 7.92. The first kappa shape index (κ1) is 25.0. The fourth-order valence-electron chi connectivity index (χ4n) is 2.89. The molecule has 10 heteroatoms. The third-order valence-corrected chi connectivity index (χ3v) is 6.10. The molecule has 0 spiro atoms. The van der Waals surface area contributed by atoms with E-state index in [1.54, 1.807) is 38.1 Å². The molecule has 1 N–H and O–H groups in total. The second kappa shape index (κ2) is 10.8. The number of hydrogen-bond acceptors (Lipinski definition) is 5. The van der Waals surface area contributed by atoms with Crippen molar-refractivity contribution in [3.05, 3.63) is 57.6 Å². The fraction of sp³-hybridized carbons (Fsp3) is 0.333. The van der Waals surface area contributed by atoms with Crippen molar-refractivity contribution >= 4 is 56.5 Å². The van der Waals surface area contributed by atoms with Gasteiger partial charge in [0.25, 0.3) is 0 Å². The van der Waals surface area contributed by atoms with Gasteiger partial charge in [0.2, 0.25) is 15.9 Å². The first-order valence-electron chi connectivity index (χ1n) is 9.53. The maximum Gasteiger partial charge on any atom is 0.339 e. The van der Waals surface area contributed by atoms with Gasteiger partial charge in [-0.1, -0.05) is 29.3 Å². The number of hydrogen-bond donors (Lipinski definition) is 1. The number of benzene rings is 2. The van der Waals surface area contributed by atoms with Crippen molar-refractivity contribution in [2.75, 3.05) is 29.0 Å². The van der Waals surface area contributed by atoms with Gasteiger partial charge in [0, 0.05) is 23.7 Å². The SMILES string of the molecule is CCOC(=O)c1cc(NC(=O)CCCN(c2cc(Cl)ccc2C)S(C)(=O)=O)ccc1Cl. The zero-order valence-electron chi connectivity index (χ0n) is 17.4. The Morgan fingerprint density at radius 1 is 1.13 bits per heavy atom. The van der Waals surface area contributed by atoms with E-state index in [9.17, 15) is 18.0 Å². The van der Waals surface area contributed by atoms with E-state index in [4.69, 9.17) is 27.9 Å². The molecule has 1 amide bonds. The number of halogens is 2. The van der Waals surface area contributed by atoms with Crippen LogP contribution in [0.2, 0.25) is 10.0 Å². The van der Waals surface area contributed by atoms with Crippen LogP contribution in [0, 0.1) is 6.92 Å². The van der Waals surface area contributed by atoms with E-state index < -0.39 is 16.0 Å². The Bertz CT molecular complexity index is 1070. The number of rotatable bonds is 9. The number of esters is 1. The molecule has 168 valence electrons. The molecular weight excluding hydrogens is 463 g/mol. The monoisotopic (exact) mass is 486 g/mol. The van der Waals surface area contributed by atoms with Gasteiger partial charge in [-0.25, -0.2) is 13.2 Å². The predicted molar refractivity (Wildman–Crippen MR) is 124 cm³/mol. The molecule has 0 saturated heterocycles. The highest BCUT2D eigenvalue weighted by Gasteiger charge is 2.20. The molecule has 0 heterocycles. The van der Waals surface area contributed by atoms with Crippen LogP contribution in [0.25, 0.3) is 0 Å². The van der Waals surface area contributed by atoms with Crippen LogP contribution in [-0.2, 0) is 19.6 Å². The van der Waals surface area contributed by atoms with Crippen LogP contribution in [0.3, 0.4) is 0 Å². The molecule has 0 aliphatic carbocycles. The fourth-order valence-corrected chi connectivity index (χ4v) is 4.27. The van der Waals surface area contributed by atoms with E-state index in [0.29, 0.717) is 16.4 Å². The molecule has 0 unspecified atom stereocenters. The van der Waals surface area contributed by atoms with Crippen molar-refractivity contribution in [1.29, 1.82) is 0 Å². The number of carbonyl (C=O) groups is 2. The number of nitrogens with zero attached hydrogens (tertiary/aromatic N) is 1. The van der Waals surface area contributed by atoms with Crippen LogP contribution in [0.15, 0.2) is 36.4 Å². The first-order valence-corrected chi connectivity index (χ1v) is 12.1. The van der Waals surface area contributed by atoms with Crippen LogP contribution in [0.1, 0.15) is 35.7 Å². The van der Waals surface area contributed by atoms with Crippen molar-refractivity contribution in [2.24, 2.45) is 0 Å². The molecule has 0 atom stereocenters. The Hall–Kier alpha value is -2.29. The smallest absolute Gasteiger partial charge is 0.339 e. The van der Waals surface area contributed by atoms with Gasteiger partial charge in [-0.15, -0.1) is 0 Å². The summed E-state index contributed by atoms with van der Waals surface area (Å²) in [7, 11) is -3.56. The van der Waals surface area contributed by atoms with Gasteiger partial charge in [0.05, 0.1) is 29.1 Å². The van der Waals surface area contributed by atoms with Gasteiger partial charge in [-0.3, -0.25) is 9.10 Å². The minimum Gasteiger partial charge on any atom is -0.462 e. The second-order valence-corrected chi connectivity index (χ2v) is 9.58. The van der Waals surface area contributed by atoms with Gasteiger partial charge < -0.3 is 10.1 Å². The second-order valence-electron chi connectivity index (χ2n) is 6.83. The molecule has 31 heavy (non-hydrogen) atoms. The zero-order valence-corrected chi connectivity index (χ0v) is 19.8. The largest absolute Gasteiger partial charge is 0.462 e. The lowest BCUT2D eigenvalue weighted by atomic mass is 10.2. The average Bonchev–Trinajstić information content (AvgIpc) is 2.68. The highest BCUT2D eigenvalue weighted by atomic mass is 35.5. The number of anilines is 2. The van der Waals surface area contributed by atoms with Gasteiger partial charge >= 0.3 is 5.97 Å². The topological polar surface area (TPSA) is 92.8 Å². The Morgan fingerprint density at radius 3 is 2.48 bits per heavy atom. The van der Waals surface area contributed by atoms with E-state index in [2.05, 4.69) is 5.32 Å². The third kappa shape index (κ3) is 7.12. The number of nitrogens with one attached hydrogen (secondary N) is 1. The maximum absolute atomic E-state index is 12.3. The van der Waals surface area contributed by atoms with E-state index >= 15 is 0 Å². The number of aryl methyl sites for hydroxylation is 1. The molecule has 0 aliphatic heterocycles. The molecule has 2 aromatic rings. The summed E-state index contributed by atoms with van der Waals surface area (Å²) in [4.78, 5) is 24.3. The van der Waals surface area contributed by atoms with Gasteiger partial charge in [-0.05, 0) is 56.2 Å². The number of amides is 1. The third-order valence-electron chi connectivity index (χ3n) is 4.35. The molecule has 7 nitrogen and oxygen atoms in total. The Kier molecular flexibility index (Phi) is 8.73. The summed E-state index contributed by atoms with van der Waals surface area (Å²) in [6.45, 7) is 3.79. The van der Waals surface area contributed by atoms with E-state index in [1.165, 1.54) is 16.4 Å². The van der Waals surface area contributed by atoms with Gasteiger partial charge in [0.1, 0.15) is 0 Å². The van der Waals surface area contributed by atoms with Crippen molar-refractivity contribution in [3.8, 4) is 0 Å². The summed E-state index contributed by atoms with van der Waals surface area (Å²) in [6.07, 6.45) is 1.46. The molecule has 2 aromatic carbocycles. The van der Waals surface area contributed by atoms with Crippen LogP contribution < -0.4 is 9.62 Å². The highest BCUT2D eigenvalue weighted by Crippen LogP contribution is 2.27. The Balaban J connectivity index is 2.04. The summed E-state index contributed by atoms with van der Waals surface area (Å²) in [5, 5.41) is 3.33. The minimum atomic E-state index is -3.56. The summed E-state index contributed by atoms with van der Waals surface area (Å²) >= 11 is 12.0. The predicted octanol–water partition coefficient (Wildman–Crippen LogP) is 4.66. The summed E-state index contributed by atoms with van der Waals surface area (Å²) in [5.74, 6) is -0.905. The zero-order chi connectivity index (χ0) is 23.2. The van der Waals surface area contributed by atoms with Gasteiger partial charge in [0.15, 0.2) is 0 Å². The lowest BCUT2D eigenvalue weighted by Gasteiger charge is -2.24. The molecule has 2 rings (SSSR count). The molecule has 0 fully saturated rings. The van der Waals surface area contributed by atoms with Crippen LogP contribution in [0.4, 0.5) is 11.4 Å². The van der Waals surface area contributed by atoms with Gasteiger partial charge in [-0.2, -0.15) is 0 Å². The van der Waals surface area contributed by atoms with Crippen molar-refractivity contribution in [3.63, 3.8) is 0 Å². The number of ether oxygens (including phenoxy) is 1. The lowest BCUT2D eigenvalue weighted by Crippen LogP contribution is -2.32. The summed E-state index contributed by atoms with van der Waals surface area (Å²) in [6, 6.07) is 9.52. The van der Waals surface area contributed by atoms with Crippen LogP contribution >= 0.6 is 23.2 Å². The quantitative estimate of drug-likeness (QED) is 0.520. The Morgan fingerprint density at radius 2 is 1.84 bits per heavy atom. The first-order chi connectivity index (χ1) is 14.5. The molecule has 0 saturated carbocycles. The molecule has 0 bridgehead atoms. The van der Waals surface area contributed by atoms with Crippen molar-refractivity contribution in [1.82, 2.24) is 0 Å². The standard InChI is InChI=1S/C21H24Cl2N2O5S/c1-4-30-21(27)17-13-16(9-10-18(17)23)24-20(26)6-5-11-25(31(3,28)29)19-12-15(22)8-7-14(19)2/h7-10,12-13H,4-6,11H2,1-3H3,(H,24,26). The molecule has 0 aliphatic rings. The van der Waals surface area contributed by atoms with Crippen molar-refractivity contribution in [2.45, 2.75) is 26.7 Å². The van der Waals surface area contributed by atoms with E-state index in [0.717, 1.165) is 11.8 Å². The average molecular weight is 487 g/mol. The van der Waals surface area contributed by atoms with Crippen LogP contribution in [0.5, 0.6) is 0 Å². The van der Waals surface area contributed by atoms with Crippen LogP contribution in [-0.4, -0.2) is 39.7 Å². The molecule has 0 radical (unpaired) electrons. The normalized spacial score (nSPS) is 11.1. The lowest BCUT2D eigenvalue weighted by molar-refractivity contribution is -0.116. The Labute approximate surface area is 192 Å². The number of carbonyl (C=O) groups excluding carboxylic acids is 2. The minimum absolute atomic E-state index is 0.0724. The summed E-state index contributed by atoms with van der Waals surface area (Å²) < 4.78 is 30.7. The van der Waals surface area contributed by atoms with Crippen molar-refractivity contribution < 1.29 is 22.7 Å². The summed E-state index contributed by atoms with van der Waals surface area (Å²) in [5.41, 5.74) is 1.78. The number of sulfonamides is 1. The van der Waals surface area contributed by atoms with E-state index in [1.807, 2.05) is 0 Å². The molecular formula is C21H24Cl2N2O5S. The van der Waals surface area contributed by atoms with E-state index in [-0.39, 0.29) is 42.5 Å². The maximum atomic E-state index is 12.3. The molecule has 0 aromatic heterocycles.